The van der Waals surface area contributed by atoms with E-state index in [1.54, 1.807) is 11.3 Å². The van der Waals surface area contributed by atoms with E-state index >= 15 is 0 Å². The van der Waals surface area contributed by atoms with Gasteiger partial charge in [0.15, 0.2) is 0 Å². The van der Waals surface area contributed by atoms with E-state index in [0.29, 0.717) is 5.54 Å². The van der Waals surface area contributed by atoms with Gasteiger partial charge in [-0.05, 0) is 45.0 Å². The SMILES string of the molecule is CC1CCCC(CNCc2ccc(C#N)s2)(N(C)C)C1. The van der Waals surface area contributed by atoms with Crippen molar-refractivity contribution in [1.82, 2.24) is 10.2 Å². The third kappa shape index (κ3) is 3.60. The molecule has 2 unspecified atom stereocenters. The predicted octanol–water partition coefficient (Wildman–Crippen LogP) is 3.22. The first-order valence-corrected chi connectivity index (χ1v) is 8.24. The highest BCUT2D eigenvalue weighted by Crippen LogP contribution is 2.35. The molecule has 20 heavy (non-hydrogen) atoms. The molecular formula is C16H25N3S. The van der Waals surface area contributed by atoms with Crippen molar-refractivity contribution in [2.75, 3.05) is 20.6 Å². The fraction of sp³-hybridized carbons (Fsp3) is 0.688. The molecule has 0 amide bonds. The van der Waals surface area contributed by atoms with Crippen LogP contribution in [-0.4, -0.2) is 31.1 Å². The Morgan fingerprint density at radius 1 is 1.50 bits per heavy atom. The van der Waals surface area contributed by atoms with Crippen molar-refractivity contribution in [3.05, 3.63) is 21.9 Å². The smallest absolute Gasteiger partial charge is 0.110 e. The molecule has 110 valence electrons. The number of thiophene rings is 1. The van der Waals surface area contributed by atoms with Gasteiger partial charge >= 0.3 is 0 Å². The van der Waals surface area contributed by atoms with Gasteiger partial charge in [-0.1, -0.05) is 19.8 Å². The first kappa shape index (κ1) is 15.5. The summed E-state index contributed by atoms with van der Waals surface area (Å²) in [6.07, 6.45) is 5.26. The van der Waals surface area contributed by atoms with Crippen LogP contribution >= 0.6 is 11.3 Å². The van der Waals surface area contributed by atoms with Crippen molar-refractivity contribution in [3.63, 3.8) is 0 Å². The van der Waals surface area contributed by atoms with Crippen LogP contribution in [0, 0.1) is 17.2 Å². The molecule has 0 saturated heterocycles. The standard InChI is InChI=1S/C16H25N3S/c1-13-5-4-8-16(9-13,19(2)3)12-18-11-15-7-6-14(10-17)20-15/h6-7,13,18H,4-5,8-9,11-12H2,1-3H3. The largest absolute Gasteiger partial charge is 0.310 e. The van der Waals surface area contributed by atoms with Crippen molar-refractivity contribution >= 4 is 11.3 Å². The van der Waals surface area contributed by atoms with Crippen molar-refractivity contribution < 1.29 is 0 Å². The molecule has 3 nitrogen and oxygen atoms in total. The predicted molar refractivity (Wildman–Crippen MR) is 84.8 cm³/mol. The van der Waals surface area contributed by atoms with Gasteiger partial charge in [0.25, 0.3) is 0 Å². The minimum atomic E-state index is 0.299. The lowest BCUT2D eigenvalue weighted by atomic mass is 9.75. The Hall–Kier alpha value is -0.890. The molecule has 1 aliphatic carbocycles. The molecule has 2 rings (SSSR count). The molecule has 1 aromatic rings. The zero-order chi connectivity index (χ0) is 14.6. The second-order valence-corrected chi connectivity index (χ2v) is 7.47. The Balaban J connectivity index is 1.91. The van der Waals surface area contributed by atoms with Crippen molar-refractivity contribution in [2.24, 2.45) is 5.92 Å². The monoisotopic (exact) mass is 291 g/mol. The zero-order valence-electron chi connectivity index (χ0n) is 12.8. The zero-order valence-corrected chi connectivity index (χ0v) is 13.6. The van der Waals surface area contributed by atoms with Gasteiger partial charge < -0.3 is 10.2 Å². The Morgan fingerprint density at radius 3 is 2.90 bits per heavy atom. The quantitative estimate of drug-likeness (QED) is 0.905. The lowest BCUT2D eigenvalue weighted by Crippen LogP contribution is -2.54. The molecule has 2 atom stereocenters. The van der Waals surface area contributed by atoms with Gasteiger partial charge in [-0.15, -0.1) is 11.3 Å². The van der Waals surface area contributed by atoms with Crippen LogP contribution in [0.2, 0.25) is 0 Å². The van der Waals surface area contributed by atoms with Crippen LogP contribution in [0.5, 0.6) is 0 Å². The number of nitriles is 1. The van der Waals surface area contributed by atoms with E-state index < -0.39 is 0 Å². The Bertz CT molecular complexity index is 474. The van der Waals surface area contributed by atoms with E-state index in [9.17, 15) is 0 Å². The van der Waals surface area contributed by atoms with Crippen LogP contribution in [0.25, 0.3) is 0 Å². The summed E-state index contributed by atoms with van der Waals surface area (Å²) in [4.78, 5) is 4.46. The van der Waals surface area contributed by atoms with Gasteiger partial charge in [-0.3, -0.25) is 0 Å². The number of hydrogen-bond acceptors (Lipinski definition) is 4. The Morgan fingerprint density at radius 2 is 2.30 bits per heavy atom. The van der Waals surface area contributed by atoms with Crippen LogP contribution < -0.4 is 5.32 Å². The second kappa shape index (κ2) is 6.71. The maximum absolute atomic E-state index is 8.86. The van der Waals surface area contributed by atoms with Crippen LogP contribution in [0.1, 0.15) is 42.4 Å². The van der Waals surface area contributed by atoms with E-state index in [2.05, 4.69) is 43.4 Å². The van der Waals surface area contributed by atoms with Gasteiger partial charge in [0.05, 0.1) is 0 Å². The van der Waals surface area contributed by atoms with E-state index in [1.807, 2.05) is 6.07 Å². The highest BCUT2D eigenvalue weighted by Gasteiger charge is 2.36. The van der Waals surface area contributed by atoms with E-state index in [0.717, 1.165) is 23.9 Å². The first-order valence-electron chi connectivity index (χ1n) is 7.43. The maximum atomic E-state index is 8.86. The van der Waals surface area contributed by atoms with Crippen LogP contribution in [0.3, 0.4) is 0 Å². The Labute approximate surface area is 126 Å². The van der Waals surface area contributed by atoms with Crippen LogP contribution in [-0.2, 0) is 6.54 Å². The number of likely N-dealkylation sites (N-methyl/N-ethyl adjacent to an activating group) is 1. The second-order valence-electron chi connectivity index (χ2n) is 6.30. The number of nitrogens with one attached hydrogen (secondary N) is 1. The average Bonchev–Trinajstić information content (AvgIpc) is 2.86. The molecule has 0 bridgehead atoms. The van der Waals surface area contributed by atoms with E-state index in [-0.39, 0.29) is 0 Å². The van der Waals surface area contributed by atoms with E-state index in [1.165, 1.54) is 30.6 Å². The molecule has 0 radical (unpaired) electrons. The summed E-state index contributed by atoms with van der Waals surface area (Å²) >= 11 is 1.59. The summed E-state index contributed by atoms with van der Waals surface area (Å²) in [5.74, 6) is 0.819. The van der Waals surface area contributed by atoms with Crippen LogP contribution in [0.4, 0.5) is 0 Å². The molecule has 1 aromatic heterocycles. The number of nitrogens with zero attached hydrogens (tertiary/aromatic N) is 2. The highest BCUT2D eigenvalue weighted by molar-refractivity contribution is 7.12. The highest BCUT2D eigenvalue weighted by atomic mass is 32.1. The van der Waals surface area contributed by atoms with Crippen molar-refractivity contribution in [3.8, 4) is 6.07 Å². The average molecular weight is 291 g/mol. The molecule has 0 spiro atoms. The molecule has 0 aliphatic heterocycles. The minimum absolute atomic E-state index is 0.299. The normalized spacial score (nSPS) is 26.6. The molecular weight excluding hydrogens is 266 g/mol. The molecule has 4 heteroatoms. The number of rotatable bonds is 5. The topological polar surface area (TPSA) is 39.1 Å². The maximum Gasteiger partial charge on any atom is 0.110 e. The van der Waals surface area contributed by atoms with Gasteiger partial charge in [-0.25, -0.2) is 0 Å². The molecule has 1 heterocycles. The summed E-state index contributed by atoms with van der Waals surface area (Å²) < 4.78 is 0. The summed E-state index contributed by atoms with van der Waals surface area (Å²) in [6.45, 7) is 4.27. The third-order valence-electron chi connectivity index (χ3n) is 4.54. The summed E-state index contributed by atoms with van der Waals surface area (Å²) in [6, 6.07) is 6.17. The van der Waals surface area contributed by atoms with Gasteiger partial charge in [0.2, 0.25) is 0 Å². The molecule has 1 N–H and O–H groups in total. The van der Waals surface area contributed by atoms with Gasteiger partial charge in [-0.2, -0.15) is 5.26 Å². The molecule has 0 aromatic carbocycles. The third-order valence-corrected chi connectivity index (χ3v) is 5.53. The summed E-state index contributed by atoms with van der Waals surface area (Å²) in [5, 5.41) is 12.5. The van der Waals surface area contributed by atoms with Crippen LogP contribution in [0.15, 0.2) is 12.1 Å². The van der Waals surface area contributed by atoms with E-state index in [4.69, 9.17) is 5.26 Å². The summed E-state index contributed by atoms with van der Waals surface area (Å²) in [7, 11) is 4.41. The fourth-order valence-corrected chi connectivity index (χ4v) is 4.08. The number of hydrogen-bond donors (Lipinski definition) is 1. The molecule has 1 saturated carbocycles. The van der Waals surface area contributed by atoms with Gasteiger partial charge in [0, 0.05) is 23.5 Å². The summed E-state index contributed by atoms with van der Waals surface area (Å²) in [5.41, 5.74) is 0.299. The molecule has 1 aliphatic rings. The Kier molecular flexibility index (Phi) is 5.20. The lowest BCUT2D eigenvalue weighted by Gasteiger charge is -2.45. The fourth-order valence-electron chi connectivity index (χ4n) is 3.31. The van der Waals surface area contributed by atoms with Crippen molar-refractivity contribution in [2.45, 2.75) is 44.7 Å². The van der Waals surface area contributed by atoms with Gasteiger partial charge in [0.1, 0.15) is 10.9 Å². The minimum Gasteiger partial charge on any atom is -0.310 e. The van der Waals surface area contributed by atoms with Crippen molar-refractivity contribution in [1.29, 1.82) is 5.26 Å². The lowest BCUT2D eigenvalue weighted by molar-refractivity contribution is 0.0750. The molecule has 1 fully saturated rings. The first-order chi connectivity index (χ1) is 9.55.